The fraction of sp³-hybridized carbons (Fsp3) is 0.158. The molecule has 0 bridgehead atoms. The fourth-order valence-electron chi connectivity index (χ4n) is 10.8. The van der Waals surface area contributed by atoms with Gasteiger partial charge >= 0.3 is 0 Å². The molecule has 280 valence electrons. The lowest BCUT2D eigenvalue weighted by atomic mass is 9.70. The monoisotopic (exact) mass is 745 g/mol. The van der Waals surface area contributed by atoms with Crippen molar-refractivity contribution in [3.05, 3.63) is 221 Å². The Morgan fingerprint density at radius 1 is 0.397 bits per heavy atom. The number of hydrogen-bond acceptors (Lipinski definition) is 1. The third-order valence-corrected chi connectivity index (χ3v) is 13.4. The smallest absolute Gasteiger partial charge is 0.0726 e. The number of aryl methyl sites for hydroxylation is 2. The highest BCUT2D eigenvalue weighted by atomic mass is 15.1. The molecule has 1 saturated carbocycles. The van der Waals surface area contributed by atoms with Crippen LogP contribution in [-0.2, 0) is 5.41 Å². The molecular formula is C57H47N. The van der Waals surface area contributed by atoms with Gasteiger partial charge in [0.05, 0.1) is 11.1 Å². The predicted octanol–water partition coefficient (Wildman–Crippen LogP) is 15.5. The van der Waals surface area contributed by atoms with Gasteiger partial charge in [0.1, 0.15) is 0 Å². The van der Waals surface area contributed by atoms with Gasteiger partial charge in [0.15, 0.2) is 0 Å². The van der Waals surface area contributed by atoms with Gasteiger partial charge in [0.25, 0.3) is 0 Å². The van der Waals surface area contributed by atoms with Crippen LogP contribution in [-0.4, -0.2) is 0 Å². The minimum Gasteiger partial charge on any atom is -0.310 e. The van der Waals surface area contributed by atoms with Crippen LogP contribution in [0.2, 0.25) is 0 Å². The maximum Gasteiger partial charge on any atom is 0.0726 e. The first kappa shape index (κ1) is 34.8. The summed E-state index contributed by atoms with van der Waals surface area (Å²) < 4.78 is 0. The molecule has 1 fully saturated rings. The Labute approximate surface area is 343 Å². The number of benzene rings is 8. The van der Waals surface area contributed by atoms with E-state index in [9.17, 15) is 0 Å². The zero-order valence-electron chi connectivity index (χ0n) is 33.4. The topological polar surface area (TPSA) is 3.24 Å². The number of fused-ring (bicyclic) bond motifs is 10. The lowest BCUT2D eigenvalue weighted by molar-refractivity contribution is 0.443. The standard InChI is InChI=1S/C57H47N/c1-38-25-32-48-49-33-26-39(2)36-54(49)57(53(48)35-38)52-23-13-11-21-47(52)50-34-31-44(37-55(50)57)58(43-29-27-41(28-30-43)40-15-5-3-6-16-40)56-24-14-12-22-51(56)46-20-10-9-19-45(46)42-17-7-4-8-18-42/h4,7-14,17-37,40H,3,5-6,15-16H2,1-2H3. The van der Waals surface area contributed by atoms with Gasteiger partial charge in [-0.15, -0.1) is 0 Å². The van der Waals surface area contributed by atoms with Gasteiger partial charge in [-0.25, -0.2) is 0 Å². The highest BCUT2D eigenvalue weighted by Gasteiger charge is 2.52. The third kappa shape index (κ3) is 5.37. The van der Waals surface area contributed by atoms with Gasteiger partial charge < -0.3 is 4.90 Å². The quantitative estimate of drug-likeness (QED) is 0.164. The largest absolute Gasteiger partial charge is 0.310 e. The van der Waals surface area contributed by atoms with E-state index in [4.69, 9.17) is 0 Å². The zero-order valence-corrected chi connectivity index (χ0v) is 33.4. The molecular weight excluding hydrogens is 699 g/mol. The number of anilines is 3. The molecule has 0 aliphatic heterocycles. The first-order chi connectivity index (χ1) is 28.6. The Bertz CT molecular complexity index is 2790. The van der Waals surface area contributed by atoms with Crippen molar-refractivity contribution in [1.29, 1.82) is 0 Å². The predicted molar refractivity (Wildman–Crippen MR) is 244 cm³/mol. The van der Waals surface area contributed by atoms with Crippen molar-refractivity contribution in [2.24, 2.45) is 0 Å². The van der Waals surface area contributed by atoms with Gasteiger partial charge in [-0.3, -0.25) is 0 Å². The molecule has 1 spiro atoms. The van der Waals surface area contributed by atoms with Crippen LogP contribution < -0.4 is 4.90 Å². The maximum atomic E-state index is 2.54. The van der Waals surface area contributed by atoms with Crippen LogP contribution in [0.15, 0.2) is 182 Å². The molecule has 1 heteroatoms. The zero-order chi connectivity index (χ0) is 38.8. The highest BCUT2D eigenvalue weighted by Crippen LogP contribution is 2.63. The molecule has 0 radical (unpaired) electrons. The molecule has 8 aromatic carbocycles. The Morgan fingerprint density at radius 2 is 0.914 bits per heavy atom. The molecule has 11 rings (SSSR count). The first-order valence-electron chi connectivity index (χ1n) is 21.2. The molecule has 1 nitrogen and oxygen atoms in total. The number of hydrogen-bond donors (Lipinski definition) is 0. The summed E-state index contributed by atoms with van der Waals surface area (Å²) in [6, 6.07) is 69.0. The second-order valence-electron chi connectivity index (χ2n) is 16.8. The molecule has 0 aromatic heterocycles. The van der Waals surface area contributed by atoms with Crippen molar-refractivity contribution < 1.29 is 0 Å². The van der Waals surface area contributed by atoms with Crippen molar-refractivity contribution in [3.63, 3.8) is 0 Å². The van der Waals surface area contributed by atoms with Crippen molar-refractivity contribution in [1.82, 2.24) is 0 Å². The Morgan fingerprint density at radius 3 is 1.60 bits per heavy atom. The van der Waals surface area contributed by atoms with E-state index in [0.717, 1.165) is 5.69 Å². The van der Waals surface area contributed by atoms with Gasteiger partial charge in [-0.05, 0) is 130 Å². The SMILES string of the molecule is Cc1ccc2c(c1)C1(c3ccccc3-c3ccc(N(c4ccc(C5CCCCC5)cc4)c4ccccc4-c4ccccc4-c4ccccc4)cc31)c1cc(C)ccc1-2. The van der Waals surface area contributed by atoms with Gasteiger partial charge in [-0.1, -0.05) is 182 Å². The summed E-state index contributed by atoms with van der Waals surface area (Å²) in [6.07, 6.45) is 6.60. The Balaban J connectivity index is 1.16. The molecule has 0 atom stereocenters. The Kier molecular flexibility index (Phi) is 8.33. The van der Waals surface area contributed by atoms with Gasteiger partial charge in [0.2, 0.25) is 0 Å². The molecule has 3 aliphatic carbocycles. The van der Waals surface area contributed by atoms with E-state index >= 15 is 0 Å². The van der Waals surface area contributed by atoms with E-state index in [1.807, 2.05) is 0 Å². The average Bonchev–Trinajstić information content (AvgIpc) is 3.73. The summed E-state index contributed by atoms with van der Waals surface area (Å²) in [6.45, 7) is 4.48. The summed E-state index contributed by atoms with van der Waals surface area (Å²) in [5.41, 5.74) is 22.8. The van der Waals surface area contributed by atoms with Crippen molar-refractivity contribution in [2.45, 2.75) is 57.3 Å². The van der Waals surface area contributed by atoms with E-state index in [1.54, 1.807) is 0 Å². The third-order valence-electron chi connectivity index (χ3n) is 13.4. The fourth-order valence-corrected chi connectivity index (χ4v) is 10.8. The van der Waals surface area contributed by atoms with Crippen LogP contribution >= 0.6 is 0 Å². The molecule has 58 heavy (non-hydrogen) atoms. The van der Waals surface area contributed by atoms with Crippen LogP contribution in [0.5, 0.6) is 0 Å². The van der Waals surface area contributed by atoms with Crippen molar-refractivity contribution in [2.75, 3.05) is 4.90 Å². The second-order valence-corrected chi connectivity index (χ2v) is 16.8. The van der Waals surface area contributed by atoms with E-state index in [1.165, 1.54) is 127 Å². The number of rotatable bonds is 6. The molecule has 8 aromatic rings. The molecule has 0 unspecified atom stereocenters. The van der Waals surface area contributed by atoms with E-state index in [2.05, 4.69) is 201 Å². The molecule has 0 N–H and O–H groups in total. The first-order valence-corrected chi connectivity index (χ1v) is 21.2. The minimum atomic E-state index is -0.430. The summed E-state index contributed by atoms with van der Waals surface area (Å²) in [5.74, 6) is 0.647. The number of nitrogens with zero attached hydrogens (tertiary/aromatic N) is 1. The molecule has 3 aliphatic rings. The lowest BCUT2D eigenvalue weighted by Crippen LogP contribution is -2.26. The second kappa shape index (κ2) is 13.9. The average molecular weight is 746 g/mol. The summed E-state index contributed by atoms with van der Waals surface area (Å²) >= 11 is 0. The number of para-hydroxylation sites is 1. The van der Waals surface area contributed by atoms with Gasteiger partial charge in [0, 0.05) is 16.9 Å². The normalized spacial score (nSPS) is 14.8. The van der Waals surface area contributed by atoms with E-state index in [0.29, 0.717) is 5.92 Å². The van der Waals surface area contributed by atoms with Crippen LogP contribution in [0, 0.1) is 13.8 Å². The van der Waals surface area contributed by atoms with Crippen LogP contribution in [0.25, 0.3) is 44.5 Å². The van der Waals surface area contributed by atoms with Crippen LogP contribution in [0.3, 0.4) is 0 Å². The van der Waals surface area contributed by atoms with Crippen LogP contribution in [0.1, 0.15) is 77.0 Å². The molecule has 0 amide bonds. The van der Waals surface area contributed by atoms with Crippen molar-refractivity contribution >= 4 is 17.1 Å². The van der Waals surface area contributed by atoms with E-state index < -0.39 is 5.41 Å². The maximum absolute atomic E-state index is 2.54. The molecule has 0 saturated heterocycles. The van der Waals surface area contributed by atoms with E-state index in [-0.39, 0.29) is 0 Å². The lowest BCUT2D eigenvalue weighted by Gasteiger charge is -2.33. The minimum absolute atomic E-state index is 0.430. The summed E-state index contributed by atoms with van der Waals surface area (Å²) in [5, 5.41) is 0. The Hall–Kier alpha value is -6.44. The van der Waals surface area contributed by atoms with Gasteiger partial charge in [-0.2, -0.15) is 0 Å². The molecule has 0 heterocycles. The van der Waals surface area contributed by atoms with Crippen LogP contribution in [0.4, 0.5) is 17.1 Å². The summed E-state index contributed by atoms with van der Waals surface area (Å²) in [4.78, 5) is 2.53. The highest BCUT2D eigenvalue weighted by molar-refractivity contribution is 5.98. The van der Waals surface area contributed by atoms with Crippen molar-refractivity contribution in [3.8, 4) is 44.5 Å². The summed E-state index contributed by atoms with van der Waals surface area (Å²) in [7, 11) is 0.